The number of ether oxygens (including phenoxy) is 1. The number of hydrogen-bond acceptors (Lipinski definition) is 6. The quantitative estimate of drug-likeness (QED) is 0.908. The summed E-state index contributed by atoms with van der Waals surface area (Å²) in [7, 11) is 1.38. The monoisotopic (exact) mass is 282 g/mol. The molecule has 0 bridgehead atoms. The first-order chi connectivity index (χ1) is 9.52. The third kappa shape index (κ3) is 2.66. The summed E-state index contributed by atoms with van der Waals surface area (Å²) in [5.74, 6) is -1.45. The number of carbonyl (C=O) groups is 1. The Kier molecular flexibility index (Phi) is 3.78. The molecule has 0 unspecified atom stereocenters. The van der Waals surface area contributed by atoms with Crippen LogP contribution in [0.4, 0.5) is 8.78 Å². The molecule has 0 saturated heterocycles. The maximum atomic E-state index is 12.8. The van der Waals surface area contributed by atoms with Crippen molar-refractivity contribution in [1.82, 2.24) is 19.9 Å². The number of rotatable bonds is 4. The molecule has 0 fully saturated rings. The normalized spacial score (nSPS) is 10.6. The van der Waals surface area contributed by atoms with E-state index in [9.17, 15) is 13.6 Å². The molecule has 2 rings (SSSR count). The van der Waals surface area contributed by atoms with Gasteiger partial charge in [0.05, 0.1) is 7.11 Å². The van der Waals surface area contributed by atoms with Crippen molar-refractivity contribution >= 4 is 5.97 Å². The number of aromatic nitrogens is 4. The molecular formula is C11H8F2N4O3. The van der Waals surface area contributed by atoms with Crippen LogP contribution < -0.4 is 4.74 Å². The molecule has 104 valence electrons. The van der Waals surface area contributed by atoms with Gasteiger partial charge in [-0.15, -0.1) is 0 Å². The number of nitrogens with zero attached hydrogens (tertiary/aromatic N) is 4. The van der Waals surface area contributed by atoms with E-state index in [2.05, 4.69) is 19.9 Å². The van der Waals surface area contributed by atoms with Crippen LogP contribution in [-0.2, 0) is 0 Å². The summed E-state index contributed by atoms with van der Waals surface area (Å²) in [4.78, 5) is 25.7. The van der Waals surface area contributed by atoms with E-state index >= 15 is 0 Å². The predicted molar refractivity (Wildman–Crippen MR) is 61.5 cm³/mol. The Labute approximate surface area is 111 Å². The fourth-order valence-corrected chi connectivity index (χ4v) is 1.42. The molecule has 0 amide bonds. The Morgan fingerprint density at radius 1 is 1.35 bits per heavy atom. The van der Waals surface area contributed by atoms with E-state index in [1.54, 1.807) is 0 Å². The molecular weight excluding hydrogens is 274 g/mol. The number of hydrogen-bond donors (Lipinski definition) is 1. The summed E-state index contributed by atoms with van der Waals surface area (Å²) in [6.45, 7) is 0. The van der Waals surface area contributed by atoms with Crippen molar-refractivity contribution < 1.29 is 23.4 Å². The minimum absolute atomic E-state index is 0.133. The molecule has 9 heteroatoms. The van der Waals surface area contributed by atoms with Crippen molar-refractivity contribution in [2.24, 2.45) is 0 Å². The van der Waals surface area contributed by atoms with Crippen LogP contribution in [0.15, 0.2) is 18.6 Å². The average Bonchev–Trinajstić information content (AvgIpc) is 2.46. The first kappa shape index (κ1) is 13.7. The molecule has 20 heavy (non-hydrogen) atoms. The van der Waals surface area contributed by atoms with Crippen LogP contribution in [0.5, 0.6) is 5.88 Å². The van der Waals surface area contributed by atoms with Crippen molar-refractivity contribution in [2.75, 3.05) is 7.11 Å². The summed E-state index contributed by atoms with van der Waals surface area (Å²) in [6.07, 6.45) is -1.06. The van der Waals surface area contributed by atoms with Crippen LogP contribution in [0.25, 0.3) is 11.5 Å². The summed E-state index contributed by atoms with van der Waals surface area (Å²) in [6, 6.07) is 1.35. The van der Waals surface area contributed by atoms with Crippen LogP contribution in [-0.4, -0.2) is 38.1 Å². The fourth-order valence-electron chi connectivity index (χ4n) is 1.42. The Morgan fingerprint density at radius 2 is 2.10 bits per heavy atom. The second-order valence-electron chi connectivity index (χ2n) is 3.54. The standard InChI is InChI=1S/C11H8F2N4O3/c1-20-7-2-6(15-4-16-7)10-14-3-5(11(18)19)8(17-10)9(12)13/h2-4,9H,1H3,(H,18,19). The smallest absolute Gasteiger partial charge is 0.339 e. The van der Waals surface area contributed by atoms with Gasteiger partial charge in [0.1, 0.15) is 23.3 Å². The lowest BCUT2D eigenvalue weighted by Gasteiger charge is -2.06. The van der Waals surface area contributed by atoms with E-state index in [-0.39, 0.29) is 17.4 Å². The summed E-state index contributed by atoms with van der Waals surface area (Å²) < 4.78 is 30.5. The lowest BCUT2D eigenvalue weighted by Crippen LogP contribution is -2.08. The van der Waals surface area contributed by atoms with Gasteiger partial charge in [0.15, 0.2) is 5.82 Å². The second-order valence-corrected chi connectivity index (χ2v) is 3.54. The van der Waals surface area contributed by atoms with Gasteiger partial charge in [0.2, 0.25) is 5.88 Å². The second kappa shape index (κ2) is 5.51. The molecule has 2 aromatic heterocycles. The zero-order valence-corrected chi connectivity index (χ0v) is 10.1. The van der Waals surface area contributed by atoms with Gasteiger partial charge in [-0.2, -0.15) is 0 Å². The Morgan fingerprint density at radius 3 is 2.70 bits per heavy atom. The summed E-state index contributed by atoms with van der Waals surface area (Å²) in [5, 5.41) is 8.80. The number of carboxylic acids is 1. The van der Waals surface area contributed by atoms with Crippen LogP contribution in [0.3, 0.4) is 0 Å². The fraction of sp³-hybridized carbons (Fsp3) is 0.182. The van der Waals surface area contributed by atoms with E-state index in [0.29, 0.717) is 0 Å². The largest absolute Gasteiger partial charge is 0.481 e. The molecule has 0 aliphatic carbocycles. The molecule has 0 aliphatic rings. The van der Waals surface area contributed by atoms with Gasteiger partial charge in [0, 0.05) is 12.3 Å². The van der Waals surface area contributed by atoms with Crippen molar-refractivity contribution in [3.63, 3.8) is 0 Å². The SMILES string of the molecule is COc1cc(-c2ncc(C(=O)O)c(C(F)F)n2)ncn1. The van der Waals surface area contributed by atoms with Crippen LogP contribution in [0.2, 0.25) is 0 Å². The number of alkyl halides is 2. The minimum atomic E-state index is -3.04. The van der Waals surface area contributed by atoms with Crippen LogP contribution >= 0.6 is 0 Å². The number of aromatic carboxylic acids is 1. The molecule has 0 atom stereocenters. The van der Waals surface area contributed by atoms with Crippen molar-refractivity contribution in [3.8, 4) is 17.4 Å². The molecule has 0 aliphatic heterocycles. The first-order valence-corrected chi connectivity index (χ1v) is 5.27. The topological polar surface area (TPSA) is 98.1 Å². The summed E-state index contributed by atoms with van der Waals surface area (Å²) >= 11 is 0. The Bertz CT molecular complexity index is 651. The van der Waals surface area contributed by atoms with Gasteiger partial charge in [-0.1, -0.05) is 0 Å². The van der Waals surface area contributed by atoms with Gasteiger partial charge < -0.3 is 9.84 Å². The van der Waals surface area contributed by atoms with Gasteiger partial charge in [-0.05, 0) is 0 Å². The lowest BCUT2D eigenvalue weighted by molar-refractivity contribution is 0.0681. The maximum absolute atomic E-state index is 12.8. The number of halogens is 2. The molecule has 0 aromatic carbocycles. The highest BCUT2D eigenvalue weighted by Gasteiger charge is 2.22. The van der Waals surface area contributed by atoms with E-state index in [0.717, 1.165) is 12.5 Å². The van der Waals surface area contributed by atoms with Crippen molar-refractivity contribution in [2.45, 2.75) is 6.43 Å². The molecule has 0 spiro atoms. The highest BCUT2D eigenvalue weighted by Crippen LogP contribution is 2.23. The Hall–Kier alpha value is -2.71. The van der Waals surface area contributed by atoms with Gasteiger partial charge in [0.25, 0.3) is 6.43 Å². The van der Waals surface area contributed by atoms with E-state index in [1.807, 2.05) is 0 Å². The molecule has 0 radical (unpaired) electrons. The summed E-state index contributed by atoms with van der Waals surface area (Å²) in [5.41, 5.74) is -1.36. The number of carboxylic acid groups (broad SMARTS) is 1. The Balaban J connectivity index is 2.52. The van der Waals surface area contributed by atoms with Gasteiger partial charge in [-0.3, -0.25) is 0 Å². The van der Waals surface area contributed by atoms with Crippen LogP contribution in [0.1, 0.15) is 22.5 Å². The highest BCUT2D eigenvalue weighted by atomic mass is 19.3. The molecule has 0 saturated carbocycles. The molecule has 7 nitrogen and oxygen atoms in total. The zero-order chi connectivity index (χ0) is 14.7. The predicted octanol–water partition coefficient (Wildman–Crippen LogP) is 1.58. The first-order valence-electron chi connectivity index (χ1n) is 5.27. The van der Waals surface area contributed by atoms with Crippen LogP contribution in [0, 0.1) is 0 Å². The van der Waals surface area contributed by atoms with E-state index in [4.69, 9.17) is 9.84 Å². The van der Waals surface area contributed by atoms with Crippen molar-refractivity contribution in [3.05, 3.63) is 29.8 Å². The van der Waals surface area contributed by atoms with Gasteiger partial charge in [-0.25, -0.2) is 33.5 Å². The highest BCUT2D eigenvalue weighted by molar-refractivity contribution is 5.88. The molecule has 2 heterocycles. The third-order valence-electron chi connectivity index (χ3n) is 2.34. The molecule has 1 N–H and O–H groups in total. The lowest BCUT2D eigenvalue weighted by atomic mass is 10.2. The number of methoxy groups -OCH3 is 1. The minimum Gasteiger partial charge on any atom is -0.481 e. The zero-order valence-electron chi connectivity index (χ0n) is 10.1. The third-order valence-corrected chi connectivity index (χ3v) is 2.34. The molecule has 2 aromatic rings. The maximum Gasteiger partial charge on any atom is 0.339 e. The van der Waals surface area contributed by atoms with Gasteiger partial charge >= 0.3 is 5.97 Å². The van der Waals surface area contributed by atoms with E-state index in [1.165, 1.54) is 13.2 Å². The average molecular weight is 282 g/mol. The van der Waals surface area contributed by atoms with E-state index < -0.39 is 23.7 Å². The van der Waals surface area contributed by atoms with Crippen molar-refractivity contribution in [1.29, 1.82) is 0 Å².